The maximum atomic E-state index is 13.8. The van der Waals surface area contributed by atoms with Gasteiger partial charge in [-0.25, -0.2) is 13.8 Å². The maximum Gasteiger partial charge on any atom is 0.273 e. The molecule has 0 spiro atoms. The Hall–Kier alpha value is -3.45. The van der Waals surface area contributed by atoms with Crippen molar-refractivity contribution in [1.82, 2.24) is 5.43 Å². The Labute approximate surface area is 207 Å². The summed E-state index contributed by atoms with van der Waals surface area (Å²) in [6, 6.07) is 24.4. The lowest BCUT2D eigenvalue weighted by atomic mass is 9.99. The number of nitrogens with one attached hydrogen (secondary N) is 1. The number of rotatable bonds is 7. The van der Waals surface area contributed by atoms with Crippen molar-refractivity contribution in [3.63, 3.8) is 0 Å². The van der Waals surface area contributed by atoms with Gasteiger partial charge < -0.3 is 0 Å². The van der Waals surface area contributed by atoms with Crippen molar-refractivity contribution in [3.05, 3.63) is 96.1 Å². The molecular weight excluding hydrogens is 458 g/mol. The van der Waals surface area contributed by atoms with E-state index in [2.05, 4.69) is 10.5 Å². The second-order valence-corrected chi connectivity index (χ2v) is 10.6. The summed E-state index contributed by atoms with van der Waals surface area (Å²) in [5, 5.41) is 4.42. The van der Waals surface area contributed by atoms with E-state index in [4.69, 9.17) is 0 Å². The van der Waals surface area contributed by atoms with Crippen LogP contribution in [0.4, 0.5) is 5.69 Å². The van der Waals surface area contributed by atoms with Gasteiger partial charge in [-0.2, -0.15) is 5.10 Å². The molecule has 7 heteroatoms. The zero-order chi connectivity index (χ0) is 24.5. The van der Waals surface area contributed by atoms with Crippen LogP contribution in [-0.4, -0.2) is 20.0 Å². The lowest BCUT2D eigenvalue weighted by molar-refractivity contribution is 0.0955. The van der Waals surface area contributed by atoms with Crippen LogP contribution in [0.15, 0.2) is 94.9 Å². The number of hydrogen-bond donors (Lipinski definition) is 1. The van der Waals surface area contributed by atoms with Crippen molar-refractivity contribution >= 4 is 27.3 Å². The van der Waals surface area contributed by atoms with E-state index < -0.39 is 15.9 Å². The molecule has 0 atom stereocenters. The highest BCUT2D eigenvalue weighted by atomic mass is 32.2. The monoisotopic (exact) mass is 489 g/mol. The minimum atomic E-state index is -3.94. The Morgan fingerprint density at radius 1 is 0.771 bits per heavy atom. The Morgan fingerprint density at radius 2 is 1.34 bits per heavy atom. The molecule has 182 valence electrons. The first-order valence-electron chi connectivity index (χ1n) is 12.1. The van der Waals surface area contributed by atoms with Crippen LogP contribution < -0.4 is 9.73 Å². The van der Waals surface area contributed by atoms with Gasteiger partial charge in [0.25, 0.3) is 15.9 Å². The van der Waals surface area contributed by atoms with E-state index >= 15 is 0 Å². The minimum Gasteiger partial charge on any atom is -0.267 e. The van der Waals surface area contributed by atoms with E-state index in [0.717, 1.165) is 37.0 Å². The molecule has 1 N–H and O–H groups in total. The predicted molar refractivity (Wildman–Crippen MR) is 140 cm³/mol. The van der Waals surface area contributed by atoms with Crippen LogP contribution in [0.25, 0.3) is 0 Å². The van der Waals surface area contributed by atoms with Crippen LogP contribution in [0.3, 0.4) is 0 Å². The van der Waals surface area contributed by atoms with Crippen molar-refractivity contribution in [2.75, 3.05) is 4.31 Å². The molecule has 0 saturated heterocycles. The summed E-state index contributed by atoms with van der Waals surface area (Å²) in [6.45, 7) is 0.0941. The zero-order valence-corrected chi connectivity index (χ0v) is 20.6. The van der Waals surface area contributed by atoms with Gasteiger partial charge in [0.05, 0.1) is 22.7 Å². The standard InChI is InChI=1S/C28H31N3O3S/c32-28(30-29-24-16-8-2-1-3-9-17-24)26-20-12-13-21-27(26)31(22-23-14-6-4-7-15-23)35(33,34)25-18-10-5-11-19-25/h4-7,10-15,18-21H,1-3,8-9,16-17,22H2,(H,30,32). The van der Waals surface area contributed by atoms with E-state index in [1.54, 1.807) is 54.6 Å². The summed E-state index contributed by atoms with van der Waals surface area (Å²) in [5.41, 5.74) is 5.08. The molecule has 0 bridgehead atoms. The fourth-order valence-electron chi connectivity index (χ4n) is 4.27. The van der Waals surface area contributed by atoms with Gasteiger partial charge >= 0.3 is 0 Å². The number of carbonyl (C=O) groups is 1. The quantitative estimate of drug-likeness (QED) is 0.419. The zero-order valence-electron chi connectivity index (χ0n) is 19.8. The summed E-state index contributed by atoms with van der Waals surface area (Å²) in [7, 11) is -3.94. The van der Waals surface area contributed by atoms with Crippen LogP contribution in [0.1, 0.15) is 60.9 Å². The van der Waals surface area contributed by atoms with Gasteiger partial charge in [-0.05, 0) is 55.5 Å². The number of benzene rings is 3. The molecule has 35 heavy (non-hydrogen) atoms. The largest absolute Gasteiger partial charge is 0.273 e. The molecule has 6 nitrogen and oxygen atoms in total. The number of hydrogen-bond acceptors (Lipinski definition) is 4. The Bertz CT molecular complexity index is 1250. The number of hydrazone groups is 1. The van der Waals surface area contributed by atoms with Crippen molar-refractivity contribution in [3.8, 4) is 0 Å². The molecule has 1 fully saturated rings. The molecule has 0 aromatic heterocycles. The molecule has 1 saturated carbocycles. The lowest BCUT2D eigenvalue weighted by Gasteiger charge is -2.26. The average Bonchev–Trinajstić information content (AvgIpc) is 2.87. The molecule has 3 aromatic rings. The van der Waals surface area contributed by atoms with Gasteiger partial charge in [0.2, 0.25) is 0 Å². The summed E-state index contributed by atoms with van der Waals surface area (Å²) in [5.74, 6) is -0.420. The van der Waals surface area contributed by atoms with Gasteiger partial charge in [-0.3, -0.25) is 9.10 Å². The van der Waals surface area contributed by atoms with Crippen LogP contribution >= 0.6 is 0 Å². The lowest BCUT2D eigenvalue weighted by Crippen LogP contribution is -2.33. The highest BCUT2D eigenvalue weighted by Crippen LogP contribution is 2.29. The summed E-state index contributed by atoms with van der Waals surface area (Å²) in [6.07, 6.45) is 7.52. The number of nitrogens with zero attached hydrogens (tertiary/aromatic N) is 2. The third-order valence-corrected chi connectivity index (χ3v) is 7.94. The van der Waals surface area contributed by atoms with Crippen molar-refractivity contribution in [2.24, 2.45) is 5.10 Å². The van der Waals surface area contributed by atoms with Crippen molar-refractivity contribution < 1.29 is 13.2 Å². The van der Waals surface area contributed by atoms with Crippen molar-refractivity contribution in [1.29, 1.82) is 0 Å². The fraction of sp³-hybridized carbons (Fsp3) is 0.286. The summed E-state index contributed by atoms with van der Waals surface area (Å²) in [4.78, 5) is 13.4. The van der Waals surface area contributed by atoms with Gasteiger partial charge in [0.15, 0.2) is 0 Å². The molecule has 0 radical (unpaired) electrons. The van der Waals surface area contributed by atoms with E-state index in [9.17, 15) is 13.2 Å². The third-order valence-electron chi connectivity index (χ3n) is 6.16. The van der Waals surface area contributed by atoms with E-state index in [-0.39, 0.29) is 17.0 Å². The number of anilines is 1. The topological polar surface area (TPSA) is 78.8 Å². The van der Waals surface area contributed by atoms with Gasteiger partial charge in [0, 0.05) is 5.71 Å². The van der Waals surface area contributed by atoms with Crippen LogP contribution in [-0.2, 0) is 16.6 Å². The van der Waals surface area contributed by atoms with E-state index in [0.29, 0.717) is 5.69 Å². The predicted octanol–water partition coefficient (Wildman–Crippen LogP) is 5.91. The second kappa shape index (κ2) is 11.8. The highest BCUT2D eigenvalue weighted by molar-refractivity contribution is 7.92. The van der Waals surface area contributed by atoms with E-state index in [1.165, 1.54) is 23.6 Å². The van der Waals surface area contributed by atoms with E-state index in [1.807, 2.05) is 30.3 Å². The number of sulfonamides is 1. The molecule has 0 aliphatic heterocycles. The van der Waals surface area contributed by atoms with Crippen LogP contribution in [0.2, 0.25) is 0 Å². The summed E-state index contributed by atoms with van der Waals surface area (Å²) < 4.78 is 28.8. The molecule has 4 rings (SSSR count). The first-order chi connectivity index (χ1) is 17.1. The van der Waals surface area contributed by atoms with Gasteiger partial charge in [-0.1, -0.05) is 79.9 Å². The highest BCUT2D eigenvalue weighted by Gasteiger charge is 2.28. The molecule has 3 aromatic carbocycles. The van der Waals surface area contributed by atoms with Gasteiger partial charge in [0.1, 0.15) is 0 Å². The SMILES string of the molecule is O=C(NN=C1CCCCCCC1)c1ccccc1N(Cc1ccccc1)S(=O)(=O)c1ccccc1. The maximum absolute atomic E-state index is 13.8. The molecule has 1 aliphatic rings. The fourth-order valence-corrected chi connectivity index (χ4v) is 5.76. The number of carbonyl (C=O) groups excluding carboxylic acids is 1. The van der Waals surface area contributed by atoms with Gasteiger partial charge in [-0.15, -0.1) is 0 Å². The summed E-state index contributed by atoms with van der Waals surface area (Å²) >= 11 is 0. The van der Waals surface area contributed by atoms with Crippen molar-refractivity contribution in [2.45, 2.75) is 56.4 Å². The molecule has 0 heterocycles. The number of amides is 1. The Balaban J connectivity index is 1.68. The first kappa shape index (κ1) is 24.7. The Morgan fingerprint density at radius 3 is 2.03 bits per heavy atom. The molecular formula is C28H31N3O3S. The second-order valence-electron chi connectivity index (χ2n) is 8.71. The average molecular weight is 490 g/mol. The molecule has 1 aliphatic carbocycles. The molecule has 1 amide bonds. The van der Waals surface area contributed by atoms with Crippen LogP contribution in [0.5, 0.6) is 0 Å². The third kappa shape index (κ3) is 6.36. The first-order valence-corrected chi connectivity index (χ1v) is 13.6. The smallest absolute Gasteiger partial charge is 0.267 e. The Kier molecular flexibility index (Phi) is 8.32. The van der Waals surface area contributed by atoms with Crippen LogP contribution in [0, 0.1) is 0 Å². The normalized spacial score (nSPS) is 14.5. The number of para-hydroxylation sites is 1. The molecule has 0 unspecified atom stereocenters. The minimum absolute atomic E-state index is 0.0941.